The van der Waals surface area contributed by atoms with E-state index in [0.29, 0.717) is 31.6 Å². The molecular formula is C11H16N2O3. The zero-order valence-corrected chi connectivity index (χ0v) is 9.56. The number of amides is 1. The number of nitrogens with zero attached hydrogens (tertiary/aromatic N) is 2. The summed E-state index contributed by atoms with van der Waals surface area (Å²) in [6.45, 7) is 4.70. The molecule has 0 bridgehead atoms. The Morgan fingerprint density at radius 1 is 1.56 bits per heavy atom. The number of aromatic nitrogens is 1. The van der Waals surface area contributed by atoms with Crippen LogP contribution in [0.5, 0.6) is 0 Å². The second-order valence-corrected chi connectivity index (χ2v) is 4.62. The highest BCUT2D eigenvalue weighted by molar-refractivity contribution is 5.91. The first-order valence-corrected chi connectivity index (χ1v) is 5.43. The van der Waals surface area contributed by atoms with Gasteiger partial charge in [-0.3, -0.25) is 4.79 Å². The van der Waals surface area contributed by atoms with E-state index >= 15 is 0 Å². The van der Waals surface area contributed by atoms with Gasteiger partial charge in [-0.1, -0.05) is 5.16 Å². The molecule has 0 saturated carbocycles. The fourth-order valence-electron chi connectivity index (χ4n) is 1.81. The average Bonchev–Trinajstić information content (AvgIpc) is 2.64. The van der Waals surface area contributed by atoms with Crippen LogP contribution >= 0.6 is 0 Å². The van der Waals surface area contributed by atoms with Gasteiger partial charge in [0.15, 0.2) is 0 Å². The highest BCUT2D eigenvalue weighted by Gasteiger charge is 2.31. The molecule has 0 radical (unpaired) electrons. The molecule has 1 fully saturated rings. The molecule has 5 heteroatoms. The zero-order valence-electron chi connectivity index (χ0n) is 9.56. The summed E-state index contributed by atoms with van der Waals surface area (Å²) < 4.78 is 4.93. The van der Waals surface area contributed by atoms with E-state index in [1.54, 1.807) is 24.8 Å². The molecular weight excluding hydrogens is 208 g/mol. The molecule has 1 N–H and O–H groups in total. The molecule has 5 nitrogen and oxygen atoms in total. The van der Waals surface area contributed by atoms with Crippen molar-refractivity contribution in [1.29, 1.82) is 0 Å². The average molecular weight is 224 g/mol. The van der Waals surface area contributed by atoms with Crippen LogP contribution in [0.3, 0.4) is 0 Å². The van der Waals surface area contributed by atoms with Crippen LogP contribution in [0, 0.1) is 6.92 Å². The third-order valence-electron chi connectivity index (χ3n) is 2.97. The smallest absolute Gasteiger partial charge is 0.292 e. The maximum Gasteiger partial charge on any atom is 0.292 e. The number of aryl methyl sites for hydroxylation is 1. The second kappa shape index (κ2) is 3.90. The monoisotopic (exact) mass is 224 g/mol. The van der Waals surface area contributed by atoms with E-state index in [1.165, 1.54) is 0 Å². The van der Waals surface area contributed by atoms with Crippen molar-refractivity contribution >= 4 is 5.91 Å². The van der Waals surface area contributed by atoms with Gasteiger partial charge in [-0.15, -0.1) is 0 Å². The number of hydrogen-bond donors (Lipinski definition) is 1. The fourth-order valence-corrected chi connectivity index (χ4v) is 1.81. The van der Waals surface area contributed by atoms with Gasteiger partial charge < -0.3 is 14.5 Å². The summed E-state index contributed by atoms with van der Waals surface area (Å²) >= 11 is 0. The number of carbonyl (C=O) groups excluding carboxylic acids is 1. The van der Waals surface area contributed by atoms with Gasteiger partial charge in [-0.05, 0) is 26.7 Å². The number of rotatable bonds is 1. The van der Waals surface area contributed by atoms with E-state index < -0.39 is 5.60 Å². The minimum absolute atomic E-state index is 0.142. The Morgan fingerprint density at radius 2 is 2.19 bits per heavy atom. The van der Waals surface area contributed by atoms with Crippen LogP contribution in [0.15, 0.2) is 10.6 Å². The van der Waals surface area contributed by atoms with Gasteiger partial charge in [0.05, 0.1) is 11.3 Å². The highest BCUT2D eigenvalue weighted by atomic mass is 16.5. The standard InChI is InChI=1S/C11H16N2O3/c1-8-7-9(16-12-8)10(14)13-5-3-11(2,15)4-6-13/h7,15H,3-6H2,1-2H3. The molecule has 2 rings (SSSR count). The van der Waals surface area contributed by atoms with Gasteiger partial charge >= 0.3 is 0 Å². The summed E-state index contributed by atoms with van der Waals surface area (Å²) in [6.07, 6.45) is 1.21. The Balaban J connectivity index is 2.02. The lowest BCUT2D eigenvalue weighted by Crippen LogP contribution is -2.45. The maximum atomic E-state index is 11.9. The topological polar surface area (TPSA) is 66.6 Å². The first-order valence-electron chi connectivity index (χ1n) is 5.43. The van der Waals surface area contributed by atoms with Gasteiger partial charge in [0, 0.05) is 19.2 Å². The predicted molar refractivity (Wildman–Crippen MR) is 57.0 cm³/mol. The normalized spacial score (nSPS) is 19.8. The first kappa shape index (κ1) is 11.1. The van der Waals surface area contributed by atoms with E-state index in [2.05, 4.69) is 5.16 Å². The van der Waals surface area contributed by atoms with Gasteiger partial charge in [0.25, 0.3) is 5.91 Å². The molecule has 16 heavy (non-hydrogen) atoms. The van der Waals surface area contributed by atoms with E-state index in [4.69, 9.17) is 4.52 Å². The van der Waals surface area contributed by atoms with Crippen LogP contribution in [-0.2, 0) is 0 Å². The van der Waals surface area contributed by atoms with Crippen molar-refractivity contribution in [3.05, 3.63) is 17.5 Å². The van der Waals surface area contributed by atoms with E-state index in [1.807, 2.05) is 0 Å². The van der Waals surface area contributed by atoms with Crippen molar-refractivity contribution < 1.29 is 14.4 Å². The van der Waals surface area contributed by atoms with Crippen LogP contribution in [0.1, 0.15) is 36.0 Å². The number of likely N-dealkylation sites (tertiary alicyclic amines) is 1. The van der Waals surface area contributed by atoms with Crippen molar-refractivity contribution in [2.45, 2.75) is 32.3 Å². The lowest BCUT2D eigenvalue weighted by atomic mass is 9.94. The molecule has 1 saturated heterocycles. The minimum atomic E-state index is -0.645. The Labute approximate surface area is 94.0 Å². The molecule has 1 aromatic heterocycles. The Morgan fingerprint density at radius 3 is 2.69 bits per heavy atom. The van der Waals surface area contributed by atoms with Crippen LogP contribution in [0.25, 0.3) is 0 Å². The molecule has 2 heterocycles. The van der Waals surface area contributed by atoms with Crippen molar-refractivity contribution in [2.24, 2.45) is 0 Å². The summed E-state index contributed by atoms with van der Waals surface area (Å²) in [5.74, 6) is 0.134. The fraction of sp³-hybridized carbons (Fsp3) is 0.636. The molecule has 0 unspecified atom stereocenters. The summed E-state index contributed by atoms with van der Waals surface area (Å²) in [7, 11) is 0. The van der Waals surface area contributed by atoms with Crippen molar-refractivity contribution in [3.63, 3.8) is 0 Å². The number of piperidine rings is 1. The molecule has 0 atom stereocenters. The molecule has 1 aliphatic heterocycles. The Bertz CT molecular complexity index is 388. The molecule has 1 aliphatic rings. The largest absolute Gasteiger partial charge is 0.390 e. The minimum Gasteiger partial charge on any atom is -0.390 e. The third-order valence-corrected chi connectivity index (χ3v) is 2.97. The van der Waals surface area contributed by atoms with Crippen LogP contribution in [-0.4, -0.2) is 39.8 Å². The van der Waals surface area contributed by atoms with Crippen molar-refractivity contribution in [2.75, 3.05) is 13.1 Å². The molecule has 1 amide bonds. The van der Waals surface area contributed by atoms with Gasteiger partial charge in [-0.25, -0.2) is 0 Å². The number of carbonyl (C=O) groups is 1. The maximum absolute atomic E-state index is 11.9. The van der Waals surface area contributed by atoms with Crippen molar-refractivity contribution in [1.82, 2.24) is 10.1 Å². The number of hydrogen-bond acceptors (Lipinski definition) is 4. The molecule has 88 valence electrons. The van der Waals surface area contributed by atoms with E-state index in [9.17, 15) is 9.90 Å². The van der Waals surface area contributed by atoms with Crippen LogP contribution in [0.2, 0.25) is 0 Å². The van der Waals surface area contributed by atoms with Gasteiger partial charge in [-0.2, -0.15) is 0 Å². The second-order valence-electron chi connectivity index (χ2n) is 4.62. The lowest BCUT2D eigenvalue weighted by molar-refractivity contribution is -0.00309. The van der Waals surface area contributed by atoms with Crippen LogP contribution < -0.4 is 0 Å². The molecule has 1 aromatic rings. The van der Waals surface area contributed by atoms with Crippen molar-refractivity contribution in [3.8, 4) is 0 Å². The summed E-state index contributed by atoms with van der Waals surface area (Å²) in [5, 5.41) is 13.5. The van der Waals surface area contributed by atoms with Crippen LogP contribution in [0.4, 0.5) is 0 Å². The predicted octanol–water partition coefficient (Wildman–Crippen LogP) is 0.970. The molecule has 0 spiro atoms. The zero-order chi connectivity index (χ0) is 11.8. The number of aliphatic hydroxyl groups is 1. The molecule has 0 aromatic carbocycles. The molecule has 0 aliphatic carbocycles. The van der Waals surface area contributed by atoms with Gasteiger partial charge in [0.1, 0.15) is 0 Å². The van der Waals surface area contributed by atoms with Gasteiger partial charge in [0.2, 0.25) is 5.76 Å². The summed E-state index contributed by atoms with van der Waals surface area (Å²) in [5.41, 5.74) is 0.0565. The quantitative estimate of drug-likeness (QED) is 0.771. The first-order chi connectivity index (χ1) is 7.48. The Hall–Kier alpha value is -1.36. The Kier molecular flexibility index (Phi) is 2.71. The van der Waals surface area contributed by atoms with E-state index in [0.717, 1.165) is 0 Å². The lowest BCUT2D eigenvalue weighted by Gasteiger charge is -2.35. The van der Waals surface area contributed by atoms with E-state index in [-0.39, 0.29) is 11.7 Å². The summed E-state index contributed by atoms with van der Waals surface area (Å²) in [4.78, 5) is 13.6. The SMILES string of the molecule is Cc1cc(C(=O)N2CCC(C)(O)CC2)on1. The highest BCUT2D eigenvalue weighted by Crippen LogP contribution is 2.22. The summed E-state index contributed by atoms with van der Waals surface area (Å²) in [6, 6.07) is 1.63. The third kappa shape index (κ3) is 2.24.